The van der Waals surface area contributed by atoms with Crippen LogP contribution >= 0.6 is 0 Å². The molecule has 1 unspecified atom stereocenters. The molecule has 0 fully saturated rings. The van der Waals surface area contributed by atoms with Crippen molar-refractivity contribution in [3.8, 4) is 0 Å². The van der Waals surface area contributed by atoms with Gasteiger partial charge in [-0.15, -0.1) is 0 Å². The number of hydrogen-bond acceptors (Lipinski definition) is 2. The van der Waals surface area contributed by atoms with Gasteiger partial charge in [0.2, 0.25) is 0 Å². The van der Waals surface area contributed by atoms with Gasteiger partial charge in [-0.1, -0.05) is 59.0 Å². The highest BCUT2D eigenvalue weighted by atomic mass is 16.6. The smallest absolute Gasteiger partial charge is 0.333 e. The maximum Gasteiger partial charge on any atom is 0.333 e. The second-order valence-electron chi connectivity index (χ2n) is 6.93. The summed E-state index contributed by atoms with van der Waals surface area (Å²) in [6.45, 7) is 14.1. The number of carbonyl (C=O) groups is 1. The lowest BCUT2D eigenvalue weighted by Gasteiger charge is -2.20. The first-order valence-corrected chi connectivity index (χ1v) is 8.17. The summed E-state index contributed by atoms with van der Waals surface area (Å²) in [6.07, 6.45) is 9.53. The molecule has 2 nitrogen and oxygen atoms in total. The summed E-state index contributed by atoms with van der Waals surface area (Å²) in [6, 6.07) is 0. The van der Waals surface area contributed by atoms with Gasteiger partial charge in [0.15, 0.2) is 0 Å². The zero-order valence-electron chi connectivity index (χ0n) is 14.3. The van der Waals surface area contributed by atoms with Crippen molar-refractivity contribution in [1.82, 2.24) is 0 Å². The Morgan fingerprint density at radius 3 is 2.20 bits per heavy atom. The third kappa shape index (κ3) is 11.1. The molecular formula is C18H34O2. The molecule has 0 saturated heterocycles. The molecule has 0 heterocycles. The fourth-order valence-electron chi connectivity index (χ4n) is 2.02. The standard InChI is InChI=1S/C18H34O2/c1-7-15(2)13-11-9-8-10-12-14-16(3)17(19)20-18(4,5)6/h15H,3,7-14H2,1-2,4-6H3. The summed E-state index contributed by atoms with van der Waals surface area (Å²) >= 11 is 0. The van der Waals surface area contributed by atoms with E-state index in [1.807, 2.05) is 20.8 Å². The van der Waals surface area contributed by atoms with Crippen molar-refractivity contribution in [3.63, 3.8) is 0 Å². The van der Waals surface area contributed by atoms with E-state index in [9.17, 15) is 4.79 Å². The minimum Gasteiger partial charge on any atom is -0.457 e. The summed E-state index contributed by atoms with van der Waals surface area (Å²) in [5.41, 5.74) is 0.190. The summed E-state index contributed by atoms with van der Waals surface area (Å²) in [7, 11) is 0. The molecule has 0 aliphatic rings. The van der Waals surface area contributed by atoms with E-state index in [2.05, 4.69) is 20.4 Å². The normalized spacial score (nSPS) is 13.1. The van der Waals surface area contributed by atoms with Gasteiger partial charge in [0.1, 0.15) is 5.60 Å². The third-order valence-corrected chi connectivity index (χ3v) is 3.56. The molecule has 0 aliphatic heterocycles. The number of carbonyl (C=O) groups excluding carboxylic acids is 1. The average Bonchev–Trinajstić information content (AvgIpc) is 2.34. The van der Waals surface area contributed by atoms with Crippen molar-refractivity contribution >= 4 is 5.97 Å². The molecular weight excluding hydrogens is 248 g/mol. The summed E-state index contributed by atoms with van der Waals surface area (Å²) in [5.74, 6) is 0.621. The highest BCUT2D eigenvalue weighted by Crippen LogP contribution is 2.17. The first kappa shape index (κ1) is 19.2. The fraction of sp³-hybridized carbons (Fsp3) is 0.833. The maximum atomic E-state index is 11.7. The molecule has 0 radical (unpaired) electrons. The van der Waals surface area contributed by atoms with Crippen LogP contribution < -0.4 is 0 Å². The predicted octanol–water partition coefficient (Wildman–Crippen LogP) is 5.66. The van der Waals surface area contributed by atoms with Crippen molar-refractivity contribution in [1.29, 1.82) is 0 Å². The Hall–Kier alpha value is -0.790. The predicted molar refractivity (Wildman–Crippen MR) is 86.8 cm³/mol. The van der Waals surface area contributed by atoms with E-state index in [-0.39, 0.29) is 5.97 Å². The van der Waals surface area contributed by atoms with Crippen LogP contribution in [-0.2, 0) is 9.53 Å². The molecule has 118 valence electrons. The lowest BCUT2D eigenvalue weighted by Crippen LogP contribution is -2.24. The molecule has 0 aromatic carbocycles. The fourth-order valence-corrected chi connectivity index (χ4v) is 2.02. The molecule has 0 amide bonds. The molecule has 0 rings (SSSR count). The second kappa shape index (κ2) is 10.0. The van der Waals surface area contributed by atoms with E-state index >= 15 is 0 Å². The molecule has 0 aromatic rings. The van der Waals surface area contributed by atoms with Crippen LogP contribution in [0, 0.1) is 5.92 Å². The van der Waals surface area contributed by atoms with Crippen LogP contribution in [0.1, 0.15) is 86.0 Å². The van der Waals surface area contributed by atoms with Crippen molar-refractivity contribution in [2.24, 2.45) is 5.92 Å². The van der Waals surface area contributed by atoms with Gasteiger partial charge in [0.05, 0.1) is 0 Å². The largest absolute Gasteiger partial charge is 0.457 e. The Labute approximate surface area is 126 Å². The number of ether oxygens (including phenoxy) is 1. The number of rotatable bonds is 10. The zero-order chi connectivity index (χ0) is 15.6. The highest BCUT2D eigenvalue weighted by Gasteiger charge is 2.18. The molecule has 1 atom stereocenters. The Morgan fingerprint density at radius 2 is 1.65 bits per heavy atom. The molecule has 0 aromatic heterocycles. The van der Waals surface area contributed by atoms with Gasteiger partial charge in [0, 0.05) is 5.57 Å². The van der Waals surface area contributed by atoms with Gasteiger partial charge in [-0.25, -0.2) is 4.79 Å². The monoisotopic (exact) mass is 282 g/mol. The number of unbranched alkanes of at least 4 members (excludes halogenated alkanes) is 4. The molecule has 0 saturated carbocycles. The van der Waals surface area contributed by atoms with Crippen LogP contribution in [0.5, 0.6) is 0 Å². The van der Waals surface area contributed by atoms with Gasteiger partial charge in [0.25, 0.3) is 0 Å². The van der Waals surface area contributed by atoms with E-state index in [0.717, 1.165) is 18.8 Å². The topological polar surface area (TPSA) is 26.3 Å². The molecule has 0 N–H and O–H groups in total. The minimum atomic E-state index is -0.421. The van der Waals surface area contributed by atoms with Crippen molar-refractivity contribution in [2.45, 2.75) is 91.6 Å². The first-order valence-electron chi connectivity index (χ1n) is 8.17. The zero-order valence-corrected chi connectivity index (χ0v) is 14.3. The van der Waals surface area contributed by atoms with Crippen LogP contribution in [0.25, 0.3) is 0 Å². The summed E-state index contributed by atoms with van der Waals surface area (Å²) < 4.78 is 5.30. The third-order valence-electron chi connectivity index (χ3n) is 3.56. The second-order valence-corrected chi connectivity index (χ2v) is 6.93. The molecule has 0 spiro atoms. The Kier molecular flexibility index (Phi) is 9.62. The highest BCUT2D eigenvalue weighted by molar-refractivity contribution is 5.87. The SMILES string of the molecule is C=C(CCCCCCCC(C)CC)C(=O)OC(C)(C)C. The van der Waals surface area contributed by atoms with Crippen LogP contribution in [0.4, 0.5) is 0 Å². The quantitative estimate of drug-likeness (QED) is 0.293. The minimum absolute atomic E-state index is 0.241. The van der Waals surface area contributed by atoms with Crippen LogP contribution in [-0.4, -0.2) is 11.6 Å². The Bertz CT molecular complexity index is 286. The average molecular weight is 282 g/mol. The van der Waals surface area contributed by atoms with E-state index in [0.29, 0.717) is 5.57 Å². The molecule has 2 heteroatoms. The molecule has 20 heavy (non-hydrogen) atoms. The van der Waals surface area contributed by atoms with Crippen LogP contribution in [0.3, 0.4) is 0 Å². The maximum absolute atomic E-state index is 11.7. The number of hydrogen-bond donors (Lipinski definition) is 0. The van der Waals surface area contributed by atoms with E-state index in [1.165, 1.54) is 38.5 Å². The van der Waals surface area contributed by atoms with Gasteiger partial charge in [-0.05, 0) is 39.5 Å². The summed E-state index contributed by atoms with van der Waals surface area (Å²) in [4.78, 5) is 11.7. The lowest BCUT2D eigenvalue weighted by atomic mass is 9.99. The first-order chi connectivity index (χ1) is 9.26. The van der Waals surface area contributed by atoms with Crippen molar-refractivity contribution < 1.29 is 9.53 Å². The van der Waals surface area contributed by atoms with Gasteiger partial charge < -0.3 is 4.74 Å². The molecule has 0 aliphatic carbocycles. The Morgan fingerprint density at radius 1 is 1.10 bits per heavy atom. The molecule has 0 bridgehead atoms. The number of esters is 1. The van der Waals surface area contributed by atoms with Gasteiger partial charge >= 0.3 is 5.97 Å². The van der Waals surface area contributed by atoms with Gasteiger partial charge in [-0.2, -0.15) is 0 Å². The van der Waals surface area contributed by atoms with Crippen LogP contribution in [0.15, 0.2) is 12.2 Å². The van der Waals surface area contributed by atoms with E-state index in [1.54, 1.807) is 0 Å². The van der Waals surface area contributed by atoms with Crippen molar-refractivity contribution in [3.05, 3.63) is 12.2 Å². The van der Waals surface area contributed by atoms with Crippen LogP contribution in [0.2, 0.25) is 0 Å². The summed E-state index contributed by atoms with van der Waals surface area (Å²) in [5, 5.41) is 0. The van der Waals surface area contributed by atoms with Gasteiger partial charge in [-0.3, -0.25) is 0 Å². The Balaban J connectivity index is 3.55. The lowest BCUT2D eigenvalue weighted by molar-refractivity contribution is -0.150. The van der Waals surface area contributed by atoms with E-state index in [4.69, 9.17) is 4.74 Å². The van der Waals surface area contributed by atoms with Crippen molar-refractivity contribution in [2.75, 3.05) is 0 Å². The van der Waals surface area contributed by atoms with E-state index < -0.39 is 5.60 Å².